The molecule has 0 aliphatic rings. The van der Waals surface area contributed by atoms with Crippen LogP contribution in [-0.4, -0.2) is 11.1 Å². The minimum absolute atomic E-state index is 0.378. The van der Waals surface area contributed by atoms with Gasteiger partial charge in [0.15, 0.2) is 0 Å². The third kappa shape index (κ3) is 2.45. The molecule has 0 heterocycles. The lowest BCUT2D eigenvalue weighted by Gasteiger charge is -2.12. The van der Waals surface area contributed by atoms with E-state index in [9.17, 15) is 9.90 Å². The molecule has 0 aliphatic carbocycles. The van der Waals surface area contributed by atoms with Gasteiger partial charge in [-0.05, 0) is 41.1 Å². The lowest BCUT2D eigenvalue weighted by atomic mass is 9.92. The highest BCUT2D eigenvalue weighted by Gasteiger charge is 2.15. The van der Waals surface area contributed by atoms with E-state index in [0.717, 1.165) is 31.9 Å². The second-order valence-corrected chi connectivity index (χ2v) is 5.89. The number of carboxylic acids is 1. The van der Waals surface area contributed by atoms with E-state index < -0.39 is 5.97 Å². The van der Waals surface area contributed by atoms with E-state index in [0.29, 0.717) is 5.56 Å². The maximum atomic E-state index is 11.7. The minimum atomic E-state index is -0.888. The topological polar surface area (TPSA) is 37.3 Å². The first-order valence-corrected chi connectivity index (χ1v) is 7.39. The molecule has 3 aromatic carbocycles. The Morgan fingerprint density at radius 1 is 1.05 bits per heavy atom. The third-order valence-corrected chi connectivity index (χ3v) is 4.10. The van der Waals surface area contributed by atoms with Crippen LogP contribution in [0.15, 0.2) is 59.1 Å². The van der Waals surface area contributed by atoms with Crippen LogP contribution in [0.5, 0.6) is 0 Å². The van der Waals surface area contributed by atoms with Crippen molar-refractivity contribution in [2.75, 3.05) is 0 Å². The maximum Gasteiger partial charge on any atom is 0.336 e. The van der Waals surface area contributed by atoms with Crippen LogP contribution >= 0.6 is 15.9 Å². The SMILES string of the molecule is Cc1ccc2cccc(-c3cccc(Br)c3)c2c1C(=O)O. The smallest absolute Gasteiger partial charge is 0.336 e. The number of hydrogen-bond donors (Lipinski definition) is 1. The van der Waals surface area contributed by atoms with Gasteiger partial charge >= 0.3 is 5.97 Å². The molecule has 0 atom stereocenters. The lowest BCUT2D eigenvalue weighted by molar-refractivity contribution is 0.0698. The fourth-order valence-electron chi connectivity index (χ4n) is 2.66. The average Bonchev–Trinajstić information content (AvgIpc) is 2.46. The number of benzene rings is 3. The Morgan fingerprint density at radius 3 is 2.52 bits per heavy atom. The molecule has 3 aromatic rings. The van der Waals surface area contributed by atoms with Crippen molar-refractivity contribution in [1.29, 1.82) is 0 Å². The second-order valence-electron chi connectivity index (χ2n) is 4.98. The number of aryl methyl sites for hydroxylation is 1. The molecule has 0 aliphatic heterocycles. The largest absolute Gasteiger partial charge is 0.478 e. The van der Waals surface area contributed by atoms with Crippen molar-refractivity contribution >= 4 is 32.7 Å². The van der Waals surface area contributed by atoms with Gasteiger partial charge in [-0.3, -0.25) is 0 Å². The molecule has 21 heavy (non-hydrogen) atoms. The molecular weight excluding hydrogens is 328 g/mol. The van der Waals surface area contributed by atoms with Gasteiger partial charge in [-0.2, -0.15) is 0 Å². The van der Waals surface area contributed by atoms with Crippen LogP contribution in [-0.2, 0) is 0 Å². The fraction of sp³-hybridized carbons (Fsp3) is 0.0556. The van der Waals surface area contributed by atoms with Crippen molar-refractivity contribution in [3.63, 3.8) is 0 Å². The van der Waals surface area contributed by atoms with E-state index in [1.807, 2.05) is 61.5 Å². The monoisotopic (exact) mass is 340 g/mol. The molecule has 0 spiro atoms. The van der Waals surface area contributed by atoms with Crippen LogP contribution in [0.2, 0.25) is 0 Å². The van der Waals surface area contributed by atoms with E-state index in [1.54, 1.807) is 0 Å². The second kappa shape index (κ2) is 5.34. The summed E-state index contributed by atoms with van der Waals surface area (Å²) in [5, 5.41) is 11.3. The average molecular weight is 341 g/mol. The molecular formula is C18H13BrO2. The van der Waals surface area contributed by atoms with Crippen LogP contribution in [0.25, 0.3) is 21.9 Å². The van der Waals surface area contributed by atoms with Crippen molar-refractivity contribution in [2.45, 2.75) is 6.92 Å². The zero-order valence-corrected chi connectivity index (χ0v) is 13.0. The Morgan fingerprint density at radius 2 is 1.81 bits per heavy atom. The summed E-state index contributed by atoms with van der Waals surface area (Å²) in [5.74, 6) is -0.888. The number of rotatable bonds is 2. The summed E-state index contributed by atoms with van der Waals surface area (Å²) in [6.07, 6.45) is 0. The van der Waals surface area contributed by atoms with Gasteiger partial charge in [0.25, 0.3) is 0 Å². The number of hydrogen-bond acceptors (Lipinski definition) is 1. The van der Waals surface area contributed by atoms with Crippen molar-refractivity contribution in [3.05, 3.63) is 70.2 Å². The molecule has 0 bridgehead atoms. The van der Waals surface area contributed by atoms with Crippen LogP contribution < -0.4 is 0 Å². The van der Waals surface area contributed by atoms with Gasteiger partial charge in [-0.15, -0.1) is 0 Å². The molecule has 0 amide bonds. The third-order valence-electron chi connectivity index (χ3n) is 3.60. The van der Waals surface area contributed by atoms with Crippen LogP contribution in [0.3, 0.4) is 0 Å². The first kappa shape index (κ1) is 13.8. The molecule has 0 unspecified atom stereocenters. The Balaban J connectivity index is 2.43. The Kier molecular flexibility index (Phi) is 3.52. The number of aromatic carboxylic acids is 1. The number of carbonyl (C=O) groups is 1. The van der Waals surface area contributed by atoms with Crippen molar-refractivity contribution in [3.8, 4) is 11.1 Å². The number of fused-ring (bicyclic) bond motifs is 1. The van der Waals surface area contributed by atoms with Gasteiger partial charge in [-0.1, -0.05) is 58.4 Å². The zero-order valence-electron chi connectivity index (χ0n) is 11.4. The highest BCUT2D eigenvalue weighted by Crippen LogP contribution is 2.33. The van der Waals surface area contributed by atoms with Crippen LogP contribution in [0.1, 0.15) is 15.9 Å². The van der Waals surface area contributed by atoms with E-state index in [4.69, 9.17) is 0 Å². The number of halogens is 1. The summed E-state index contributed by atoms with van der Waals surface area (Å²) in [6, 6.07) is 17.6. The predicted octanol–water partition coefficient (Wildman–Crippen LogP) is 5.28. The highest BCUT2D eigenvalue weighted by atomic mass is 79.9. The summed E-state index contributed by atoms with van der Waals surface area (Å²) < 4.78 is 0.974. The molecule has 0 aromatic heterocycles. The van der Waals surface area contributed by atoms with Gasteiger partial charge in [0.05, 0.1) is 5.56 Å². The normalized spacial score (nSPS) is 10.8. The standard InChI is InChI=1S/C18H13BrO2/c1-11-8-9-12-4-3-7-15(17(12)16(11)18(20)21)13-5-2-6-14(19)10-13/h2-10H,1H3,(H,20,21). The fourth-order valence-corrected chi connectivity index (χ4v) is 3.05. The minimum Gasteiger partial charge on any atom is -0.478 e. The zero-order chi connectivity index (χ0) is 15.0. The van der Waals surface area contributed by atoms with Crippen molar-refractivity contribution < 1.29 is 9.90 Å². The van der Waals surface area contributed by atoms with Gasteiger partial charge in [0, 0.05) is 9.86 Å². The first-order valence-electron chi connectivity index (χ1n) is 6.59. The number of carboxylic acid groups (broad SMARTS) is 1. The molecule has 0 radical (unpaired) electrons. The van der Waals surface area contributed by atoms with E-state index in [1.165, 1.54) is 0 Å². The van der Waals surface area contributed by atoms with E-state index in [-0.39, 0.29) is 0 Å². The molecule has 1 N–H and O–H groups in total. The van der Waals surface area contributed by atoms with Gasteiger partial charge in [0.1, 0.15) is 0 Å². The van der Waals surface area contributed by atoms with Gasteiger partial charge in [-0.25, -0.2) is 4.79 Å². The molecule has 0 saturated heterocycles. The summed E-state index contributed by atoms with van der Waals surface area (Å²) in [7, 11) is 0. The first-order chi connectivity index (χ1) is 10.1. The Labute approximate surface area is 131 Å². The quantitative estimate of drug-likeness (QED) is 0.689. The lowest BCUT2D eigenvalue weighted by Crippen LogP contribution is -2.02. The summed E-state index contributed by atoms with van der Waals surface area (Å²) in [4.78, 5) is 11.7. The Bertz CT molecular complexity index is 853. The molecule has 0 fully saturated rings. The predicted molar refractivity (Wildman–Crippen MR) is 88.8 cm³/mol. The molecule has 3 heteroatoms. The van der Waals surface area contributed by atoms with Crippen molar-refractivity contribution in [1.82, 2.24) is 0 Å². The van der Waals surface area contributed by atoms with Crippen LogP contribution in [0, 0.1) is 6.92 Å². The van der Waals surface area contributed by atoms with Gasteiger partial charge < -0.3 is 5.11 Å². The van der Waals surface area contributed by atoms with Gasteiger partial charge in [0.2, 0.25) is 0 Å². The summed E-state index contributed by atoms with van der Waals surface area (Å²) >= 11 is 3.47. The van der Waals surface area contributed by atoms with Crippen LogP contribution in [0.4, 0.5) is 0 Å². The molecule has 104 valence electrons. The molecule has 2 nitrogen and oxygen atoms in total. The van der Waals surface area contributed by atoms with E-state index in [2.05, 4.69) is 15.9 Å². The summed E-state index contributed by atoms with van der Waals surface area (Å²) in [6.45, 7) is 1.83. The molecule has 3 rings (SSSR count). The summed E-state index contributed by atoms with van der Waals surface area (Å²) in [5.41, 5.74) is 3.10. The Hall–Kier alpha value is -2.13. The van der Waals surface area contributed by atoms with Crippen molar-refractivity contribution in [2.24, 2.45) is 0 Å². The highest BCUT2D eigenvalue weighted by molar-refractivity contribution is 9.10. The van der Waals surface area contributed by atoms with E-state index >= 15 is 0 Å². The maximum absolute atomic E-state index is 11.7. The molecule has 0 saturated carbocycles.